The zero-order valence-electron chi connectivity index (χ0n) is 12.3. The highest BCUT2D eigenvalue weighted by Gasteiger charge is 2.15. The van der Waals surface area contributed by atoms with E-state index in [1.54, 1.807) is 0 Å². The minimum absolute atomic E-state index is 0.0275. The van der Waals surface area contributed by atoms with Gasteiger partial charge in [0.1, 0.15) is 0 Å². The van der Waals surface area contributed by atoms with Crippen LogP contribution in [0.3, 0.4) is 0 Å². The minimum Gasteiger partial charge on any atom is -0.351 e. The Kier molecular flexibility index (Phi) is 5.28. The molecule has 3 rings (SSSR count). The molecule has 0 saturated heterocycles. The topological polar surface area (TPSA) is 32.3 Å². The number of carbonyl (C=O) groups is 1. The van der Waals surface area contributed by atoms with E-state index in [1.807, 2.05) is 12.1 Å². The van der Waals surface area contributed by atoms with Gasteiger partial charge in [0.05, 0.1) is 8.66 Å². The lowest BCUT2D eigenvalue weighted by Crippen LogP contribution is -2.33. The zero-order chi connectivity index (χ0) is 15.4. The fraction of sp³-hybridized carbons (Fsp3) is 0.353. The lowest BCUT2D eigenvalue weighted by atomic mass is 10.00. The number of fused-ring (bicyclic) bond motifs is 1. The maximum Gasteiger partial charge on any atom is 0.261 e. The molecule has 2 heterocycles. The van der Waals surface area contributed by atoms with Gasteiger partial charge in [0.25, 0.3) is 5.91 Å². The summed E-state index contributed by atoms with van der Waals surface area (Å²) in [6, 6.07) is 12.4. The molecular formula is C17H19BrN2OS. The Morgan fingerprint density at radius 3 is 2.82 bits per heavy atom. The first-order valence-corrected chi connectivity index (χ1v) is 9.16. The van der Waals surface area contributed by atoms with Gasteiger partial charge in [-0.25, -0.2) is 0 Å². The van der Waals surface area contributed by atoms with Crippen LogP contribution in [0.5, 0.6) is 0 Å². The van der Waals surface area contributed by atoms with Crippen LogP contribution in [0.1, 0.15) is 27.2 Å². The number of hydrogen-bond donors (Lipinski definition) is 1. The number of benzene rings is 1. The summed E-state index contributed by atoms with van der Waals surface area (Å²) in [5.74, 6) is 0.0275. The largest absolute Gasteiger partial charge is 0.351 e. The first-order valence-electron chi connectivity index (χ1n) is 7.55. The molecular weight excluding hydrogens is 360 g/mol. The van der Waals surface area contributed by atoms with Crippen molar-refractivity contribution in [3.05, 3.63) is 56.2 Å². The normalized spacial score (nSPS) is 14.6. The Hall–Kier alpha value is -1.17. The Morgan fingerprint density at radius 1 is 1.23 bits per heavy atom. The Morgan fingerprint density at radius 2 is 2.05 bits per heavy atom. The molecule has 0 saturated carbocycles. The Labute approximate surface area is 143 Å². The second-order valence-electron chi connectivity index (χ2n) is 5.51. The monoisotopic (exact) mass is 378 g/mol. The van der Waals surface area contributed by atoms with Gasteiger partial charge in [0, 0.05) is 26.2 Å². The lowest BCUT2D eigenvalue weighted by molar-refractivity contribution is 0.0955. The van der Waals surface area contributed by atoms with E-state index in [2.05, 4.69) is 50.4 Å². The summed E-state index contributed by atoms with van der Waals surface area (Å²) in [5.41, 5.74) is 2.93. The molecule has 0 fully saturated rings. The van der Waals surface area contributed by atoms with Crippen LogP contribution >= 0.6 is 27.3 Å². The lowest BCUT2D eigenvalue weighted by Gasteiger charge is -2.28. The molecule has 0 radical (unpaired) electrons. The predicted molar refractivity (Wildman–Crippen MR) is 94.4 cm³/mol. The third kappa shape index (κ3) is 3.97. The molecule has 0 unspecified atom stereocenters. The molecule has 1 aliphatic heterocycles. The number of rotatable bonds is 5. The number of thiophene rings is 1. The van der Waals surface area contributed by atoms with E-state index in [0.29, 0.717) is 0 Å². The van der Waals surface area contributed by atoms with Crippen molar-refractivity contribution >= 4 is 33.2 Å². The number of nitrogens with one attached hydrogen (secondary N) is 1. The van der Waals surface area contributed by atoms with Crippen molar-refractivity contribution in [2.24, 2.45) is 0 Å². The summed E-state index contributed by atoms with van der Waals surface area (Å²) in [4.78, 5) is 15.2. The van der Waals surface area contributed by atoms with Crippen LogP contribution < -0.4 is 5.32 Å². The molecule has 5 heteroatoms. The van der Waals surface area contributed by atoms with Gasteiger partial charge in [0.15, 0.2) is 0 Å². The summed E-state index contributed by atoms with van der Waals surface area (Å²) in [6.45, 7) is 3.90. The van der Waals surface area contributed by atoms with Gasteiger partial charge in [-0.2, -0.15) is 0 Å². The van der Waals surface area contributed by atoms with Gasteiger partial charge in [-0.15, -0.1) is 11.3 Å². The Bertz CT molecular complexity index is 656. The molecule has 116 valence electrons. The molecule has 1 aliphatic rings. The van der Waals surface area contributed by atoms with Crippen molar-refractivity contribution in [2.75, 3.05) is 19.6 Å². The van der Waals surface area contributed by atoms with Crippen molar-refractivity contribution < 1.29 is 4.79 Å². The quantitative estimate of drug-likeness (QED) is 0.804. The standard InChI is InChI=1S/C17H19BrN2OS/c18-16-7-6-15(22-16)17(21)19-9-3-10-20-11-8-13-4-1-2-5-14(13)12-20/h1-2,4-7H,3,8-12H2,(H,19,21). The SMILES string of the molecule is O=C(NCCCN1CCc2ccccc2C1)c1ccc(Br)s1. The number of amides is 1. The highest BCUT2D eigenvalue weighted by atomic mass is 79.9. The van der Waals surface area contributed by atoms with Crippen LogP contribution in [-0.4, -0.2) is 30.4 Å². The van der Waals surface area contributed by atoms with E-state index in [9.17, 15) is 4.79 Å². The maximum atomic E-state index is 11.9. The molecule has 1 amide bonds. The highest BCUT2D eigenvalue weighted by Crippen LogP contribution is 2.22. The van der Waals surface area contributed by atoms with E-state index < -0.39 is 0 Å². The van der Waals surface area contributed by atoms with Gasteiger partial charge in [-0.05, 0) is 52.0 Å². The van der Waals surface area contributed by atoms with E-state index in [4.69, 9.17) is 0 Å². The first kappa shape index (κ1) is 15.7. The number of halogens is 1. The molecule has 1 N–H and O–H groups in total. The molecule has 1 aromatic heterocycles. The molecule has 0 atom stereocenters. The van der Waals surface area contributed by atoms with Crippen LogP contribution in [0, 0.1) is 0 Å². The van der Waals surface area contributed by atoms with Crippen molar-refractivity contribution in [3.63, 3.8) is 0 Å². The zero-order valence-corrected chi connectivity index (χ0v) is 14.8. The summed E-state index contributed by atoms with van der Waals surface area (Å²) in [5, 5.41) is 2.99. The molecule has 2 aromatic rings. The average molecular weight is 379 g/mol. The maximum absolute atomic E-state index is 11.9. The van der Waals surface area contributed by atoms with Gasteiger partial charge < -0.3 is 5.32 Å². The first-order chi connectivity index (χ1) is 10.7. The van der Waals surface area contributed by atoms with Crippen molar-refractivity contribution in [2.45, 2.75) is 19.4 Å². The molecule has 1 aromatic carbocycles. The highest BCUT2D eigenvalue weighted by molar-refractivity contribution is 9.11. The van der Waals surface area contributed by atoms with Crippen LogP contribution in [-0.2, 0) is 13.0 Å². The van der Waals surface area contributed by atoms with Gasteiger partial charge in [-0.1, -0.05) is 24.3 Å². The van der Waals surface area contributed by atoms with Gasteiger partial charge in [-0.3, -0.25) is 9.69 Å². The third-order valence-corrected chi connectivity index (χ3v) is 5.57. The summed E-state index contributed by atoms with van der Waals surface area (Å²) < 4.78 is 0.990. The Balaban J connectivity index is 1.40. The number of hydrogen-bond acceptors (Lipinski definition) is 3. The minimum atomic E-state index is 0.0275. The van der Waals surface area contributed by atoms with E-state index in [0.717, 1.165) is 47.7 Å². The molecule has 0 spiro atoms. The van der Waals surface area contributed by atoms with E-state index in [1.165, 1.54) is 22.5 Å². The van der Waals surface area contributed by atoms with Gasteiger partial charge >= 0.3 is 0 Å². The van der Waals surface area contributed by atoms with Crippen LogP contribution in [0.25, 0.3) is 0 Å². The molecule has 3 nitrogen and oxygen atoms in total. The van der Waals surface area contributed by atoms with E-state index >= 15 is 0 Å². The summed E-state index contributed by atoms with van der Waals surface area (Å²) in [7, 11) is 0. The van der Waals surface area contributed by atoms with Crippen LogP contribution in [0.15, 0.2) is 40.2 Å². The number of carbonyl (C=O) groups excluding carboxylic acids is 1. The van der Waals surface area contributed by atoms with Crippen molar-refractivity contribution in [1.29, 1.82) is 0 Å². The van der Waals surface area contributed by atoms with Gasteiger partial charge in [0.2, 0.25) is 0 Å². The second kappa shape index (κ2) is 7.40. The smallest absolute Gasteiger partial charge is 0.261 e. The van der Waals surface area contributed by atoms with Crippen molar-refractivity contribution in [3.8, 4) is 0 Å². The molecule has 0 bridgehead atoms. The molecule has 0 aliphatic carbocycles. The number of nitrogens with zero attached hydrogens (tertiary/aromatic N) is 1. The average Bonchev–Trinajstić information content (AvgIpc) is 2.98. The summed E-state index contributed by atoms with van der Waals surface area (Å²) >= 11 is 4.85. The third-order valence-electron chi connectivity index (χ3n) is 3.94. The predicted octanol–water partition coefficient (Wildman–Crippen LogP) is 3.69. The van der Waals surface area contributed by atoms with Crippen LogP contribution in [0.2, 0.25) is 0 Å². The second-order valence-corrected chi connectivity index (χ2v) is 7.97. The van der Waals surface area contributed by atoms with E-state index in [-0.39, 0.29) is 5.91 Å². The summed E-state index contributed by atoms with van der Waals surface area (Å²) in [6.07, 6.45) is 2.12. The van der Waals surface area contributed by atoms with Crippen LogP contribution in [0.4, 0.5) is 0 Å². The molecule has 22 heavy (non-hydrogen) atoms. The fourth-order valence-electron chi connectivity index (χ4n) is 2.77. The fourth-order valence-corrected chi connectivity index (χ4v) is 4.08. The van der Waals surface area contributed by atoms with Crippen molar-refractivity contribution in [1.82, 2.24) is 10.2 Å².